The van der Waals surface area contributed by atoms with Gasteiger partial charge >= 0.3 is 0 Å². The Labute approximate surface area is 130 Å². The molecule has 7 heteroatoms. The molecule has 4 nitrogen and oxygen atoms in total. The lowest BCUT2D eigenvalue weighted by molar-refractivity contribution is 0.601. The largest absolute Gasteiger partial charge is 0.278 e. The first-order valence-electron chi connectivity index (χ1n) is 5.41. The Morgan fingerprint density at radius 3 is 2.55 bits per heavy atom. The van der Waals surface area contributed by atoms with E-state index in [1.165, 1.54) is 12.1 Å². The van der Waals surface area contributed by atoms with Crippen molar-refractivity contribution in [3.8, 4) is 6.07 Å². The molecule has 0 unspecified atom stereocenters. The number of sulfonamides is 1. The van der Waals surface area contributed by atoms with E-state index in [1.54, 1.807) is 30.3 Å². The van der Waals surface area contributed by atoms with Gasteiger partial charge in [0.25, 0.3) is 10.0 Å². The second kappa shape index (κ2) is 5.83. The monoisotopic (exact) mass is 370 g/mol. The molecule has 2 rings (SSSR count). The molecule has 1 N–H and O–H groups in total. The SMILES string of the molecule is N#Cc1ccccc1S(=O)(=O)Nc1ccc(Br)cc1Cl. The normalized spacial score (nSPS) is 10.8. The molecule has 20 heavy (non-hydrogen) atoms. The van der Waals surface area contributed by atoms with Gasteiger partial charge in [0.15, 0.2) is 0 Å². The van der Waals surface area contributed by atoms with E-state index >= 15 is 0 Å². The van der Waals surface area contributed by atoms with Crippen LogP contribution in [-0.2, 0) is 10.0 Å². The predicted octanol–water partition coefficient (Wildman–Crippen LogP) is 3.77. The third-order valence-electron chi connectivity index (χ3n) is 2.47. The number of nitrogens with zero attached hydrogens (tertiary/aromatic N) is 1. The summed E-state index contributed by atoms with van der Waals surface area (Å²) in [5.41, 5.74) is 0.329. The topological polar surface area (TPSA) is 70.0 Å². The van der Waals surface area contributed by atoms with Gasteiger partial charge in [0.2, 0.25) is 0 Å². The van der Waals surface area contributed by atoms with Crippen molar-refractivity contribution in [1.29, 1.82) is 5.26 Å². The summed E-state index contributed by atoms with van der Waals surface area (Å²) >= 11 is 9.21. The smallest absolute Gasteiger partial charge is 0.263 e. The van der Waals surface area contributed by atoms with Crippen LogP contribution in [-0.4, -0.2) is 8.42 Å². The van der Waals surface area contributed by atoms with Gasteiger partial charge in [0.1, 0.15) is 11.0 Å². The third-order valence-corrected chi connectivity index (χ3v) is 4.70. The molecule has 0 aliphatic heterocycles. The van der Waals surface area contributed by atoms with Crippen LogP contribution in [0.1, 0.15) is 5.56 Å². The van der Waals surface area contributed by atoms with Crippen LogP contribution in [0.2, 0.25) is 5.02 Å². The molecule has 0 aliphatic carbocycles. The number of anilines is 1. The maximum Gasteiger partial charge on any atom is 0.263 e. The van der Waals surface area contributed by atoms with Crippen LogP contribution >= 0.6 is 27.5 Å². The Bertz CT molecular complexity index is 800. The fraction of sp³-hybridized carbons (Fsp3) is 0. The summed E-state index contributed by atoms with van der Waals surface area (Å²) in [4.78, 5) is -0.0820. The molecule has 0 aromatic heterocycles. The molecule has 0 spiro atoms. The van der Waals surface area contributed by atoms with Crippen LogP contribution in [0.4, 0.5) is 5.69 Å². The van der Waals surface area contributed by atoms with E-state index in [9.17, 15) is 8.42 Å². The van der Waals surface area contributed by atoms with Crippen LogP contribution in [0.5, 0.6) is 0 Å². The molecule has 0 amide bonds. The van der Waals surface area contributed by atoms with Crippen molar-refractivity contribution in [3.05, 3.63) is 57.5 Å². The van der Waals surface area contributed by atoms with E-state index in [-0.39, 0.29) is 21.2 Å². The average molecular weight is 372 g/mol. The van der Waals surface area contributed by atoms with Crippen molar-refractivity contribution in [1.82, 2.24) is 0 Å². The maximum absolute atomic E-state index is 12.3. The molecule has 0 aliphatic rings. The Balaban J connectivity index is 2.44. The second-order valence-corrected chi connectivity index (χ2v) is 6.81. The molecular weight excluding hydrogens is 364 g/mol. The minimum Gasteiger partial charge on any atom is -0.278 e. The summed E-state index contributed by atoms with van der Waals surface area (Å²) in [5, 5.41) is 9.23. The van der Waals surface area contributed by atoms with E-state index in [2.05, 4.69) is 20.7 Å². The van der Waals surface area contributed by atoms with Crippen LogP contribution < -0.4 is 4.72 Å². The van der Waals surface area contributed by atoms with Gasteiger partial charge in [-0.25, -0.2) is 8.42 Å². The molecule has 2 aromatic rings. The number of benzene rings is 2. The molecule has 0 fully saturated rings. The highest BCUT2D eigenvalue weighted by Gasteiger charge is 2.19. The van der Waals surface area contributed by atoms with Crippen LogP contribution in [0, 0.1) is 11.3 Å². The van der Waals surface area contributed by atoms with Gasteiger partial charge in [-0.2, -0.15) is 5.26 Å². The van der Waals surface area contributed by atoms with Gasteiger partial charge in [0, 0.05) is 4.47 Å². The lowest BCUT2D eigenvalue weighted by atomic mass is 10.2. The van der Waals surface area contributed by atoms with Crippen molar-refractivity contribution >= 4 is 43.2 Å². The number of rotatable bonds is 3. The number of halogens is 2. The molecule has 0 saturated heterocycles. The standard InChI is InChI=1S/C13H8BrClN2O2S/c14-10-5-6-12(11(15)7-10)17-20(18,19)13-4-2-1-3-9(13)8-16/h1-7,17H. The van der Waals surface area contributed by atoms with Crippen molar-refractivity contribution < 1.29 is 8.42 Å². The van der Waals surface area contributed by atoms with E-state index in [1.807, 2.05) is 6.07 Å². The number of hydrogen-bond acceptors (Lipinski definition) is 3. The summed E-state index contributed by atoms with van der Waals surface area (Å²) in [7, 11) is -3.86. The van der Waals surface area contributed by atoms with E-state index in [4.69, 9.17) is 16.9 Å². The molecular formula is C13H8BrClN2O2S. The quantitative estimate of drug-likeness (QED) is 0.892. The van der Waals surface area contributed by atoms with Gasteiger partial charge in [-0.1, -0.05) is 39.7 Å². The predicted molar refractivity (Wildman–Crippen MR) is 81.1 cm³/mol. The van der Waals surface area contributed by atoms with Crippen LogP contribution in [0.25, 0.3) is 0 Å². The molecule has 102 valence electrons. The lowest BCUT2D eigenvalue weighted by Gasteiger charge is -2.10. The van der Waals surface area contributed by atoms with Crippen molar-refractivity contribution in [3.63, 3.8) is 0 Å². The van der Waals surface area contributed by atoms with E-state index in [0.717, 1.165) is 4.47 Å². The highest BCUT2D eigenvalue weighted by Crippen LogP contribution is 2.28. The fourth-order valence-electron chi connectivity index (χ4n) is 1.57. The first-order chi connectivity index (χ1) is 9.44. The second-order valence-electron chi connectivity index (χ2n) is 3.84. The lowest BCUT2D eigenvalue weighted by Crippen LogP contribution is -2.14. The van der Waals surface area contributed by atoms with E-state index < -0.39 is 10.0 Å². The zero-order valence-electron chi connectivity index (χ0n) is 9.97. The minimum absolute atomic E-state index is 0.0771. The third kappa shape index (κ3) is 3.12. The molecule has 0 radical (unpaired) electrons. The maximum atomic E-state index is 12.3. The summed E-state index contributed by atoms with van der Waals surface area (Å²) in [6.07, 6.45) is 0. The number of hydrogen-bond donors (Lipinski definition) is 1. The van der Waals surface area contributed by atoms with Gasteiger partial charge in [-0.3, -0.25) is 4.72 Å². The van der Waals surface area contributed by atoms with E-state index in [0.29, 0.717) is 0 Å². The van der Waals surface area contributed by atoms with Crippen molar-refractivity contribution in [2.75, 3.05) is 4.72 Å². The zero-order valence-corrected chi connectivity index (χ0v) is 13.1. The number of nitriles is 1. The summed E-state index contributed by atoms with van der Waals surface area (Å²) in [6, 6.07) is 12.6. The van der Waals surface area contributed by atoms with Gasteiger partial charge in [-0.05, 0) is 30.3 Å². The Kier molecular flexibility index (Phi) is 4.33. The molecule has 0 saturated carbocycles. The highest BCUT2D eigenvalue weighted by atomic mass is 79.9. The molecule has 0 atom stereocenters. The van der Waals surface area contributed by atoms with Crippen molar-refractivity contribution in [2.45, 2.75) is 4.90 Å². The first-order valence-corrected chi connectivity index (χ1v) is 8.06. The van der Waals surface area contributed by atoms with Crippen molar-refractivity contribution in [2.24, 2.45) is 0 Å². The van der Waals surface area contributed by atoms with Gasteiger partial charge < -0.3 is 0 Å². The summed E-state index contributed by atoms with van der Waals surface area (Å²) in [6.45, 7) is 0. The zero-order chi connectivity index (χ0) is 14.8. The van der Waals surface area contributed by atoms with Crippen LogP contribution in [0.15, 0.2) is 51.8 Å². The van der Waals surface area contributed by atoms with Crippen LogP contribution in [0.3, 0.4) is 0 Å². The molecule has 0 bridgehead atoms. The Morgan fingerprint density at radius 1 is 1.20 bits per heavy atom. The summed E-state index contributed by atoms with van der Waals surface area (Å²) < 4.78 is 27.7. The first kappa shape index (κ1) is 14.9. The van der Waals surface area contributed by atoms with Gasteiger partial charge in [-0.15, -0.1) is 0 Å². The fourth-order valence-corrected chi connectivity index (χ4v) is 3.58. The van der Waals surface area contributed by atoms with Gasteiger partial charge in [0.05, 0.1) is 16.3 Å². The summed E-state index contributed by atoms with van der Waals surface area (Å²) in [5.74, 6) is 0. The Hall–Kier alpha value is -1.55. The molecule has 0 heterocycles. The average Bonchev–Trinajstić information content (AvgIpc) is 2.42. The highest BCUT2D eigenvalue weighted by molar-refractivity contribution is 9.10. The Morgan fingerprint density at radius 2 is 1.90 bits per heavy atom. The number of nitrogens with one attached hydrogen (secondary N) is 1. The molecule has 2 aromatic carbocycles. The minimum atomic E-state index is -3.86.